The fraction of sp³-hybridized carbons (Fsp3) is 0.632. The van der Waals surface area contributed by atoms with E-state index in [0.29, 0.717) is 17.9 Å². The van der Waals surface area contributed by atoms with Crippen LogP contribution in [0.3, 0.4) is 0 Å². The molecule has 1 N–H and O–H groups in total. The van der Waals surface area contributed by atoms with Gasteiger partial charge in [0.15, 0.2) is 0 Å². The zero-order valence-electron chi connectivity index (χ0n) is 12.8. The quantitative estimate of drug-likeness (QED) is 0.896. The second-order valence-corrected chi connectivity index (χ2v) is 7.50. The van der Waals surface area contributed by atoms with Gasteiger partial charge in [0.1, 0.15) is 0 Å². The molecule has 3 aliphatic carbocycles. The number of hydrogen-bond acceptors (Lipinski definition) is 1. The fourth-order valence-electron chi connectivity index (χ4n) is 4.90. The van der Waals surface area contributed by atoms with Gasteiger partial charge in [-0.25, -0.2) is 0 Å². The number of hydrogen-bond donors (Lipinski definition) is 1. The molecule has 0 spiro atoms. The van der Waals surface area contributed by atoms with E-state index < -0.39 is 0 Å². The smallest absolute Gasteiger partial charge is 0.223 e. The topological polar surface area (TPSA) is 29.1 Å². The molecule has 2 nitrogen and oxygen atoms in total. The second-order valence-electron chi connectivity index (χ2n) is 7.50. The number of benzene rings is 1. The van der Waals surface area contributed by atoms with Crippen LogP contribution >= 0.6 is 0 Å². The van der Waals surface area contributed by atoms with Crippen LogP contribution in [-0.4, -0.2) is 11.9 Å². The SMILES string of the molecule is C[C@@H](NC(=O)[C@H]1C[C@@H]1c1ccccc1)[C@@H]1C[C@@H]2CC[C@@H]1C2. The predicted octanol–water partition coefficient (Wildman–Crippen LogP) is 3.73. The zero-order valence-corrected chi connectivity index (χ0v) is 12.8. The maximum atomic E-state index is 12.5. The first-order chi connectivity index (χ1) is 10.2. The summed E-state index contributed by atoms with van der Waals surface area (Å²) in [5.41, 5.74) is 1.32. The van der Waals surface area contributed by atoms with Crippen LogP contribution in [-0.2, 0) is 4.79 Å². The average molecular weight is 283 g/mol. The van der Waals surface area contributed by atoms with Gasteiger partial charge in [0, 0.05) is 12.0 Å². The number of carbonyl (C=O) groups excluding carboxylic acids is 1. The number of amides is 1. The first-order valence-corrected chi connectivity index (χ1v) is 8.57. The molecule has 0 saturated heterocycles. The molecule has 1 aromatic rings. The molecule has 21 heavy (non-hydrogen) atoms. The molecule has 6 atom stereocenters. The van der Waals surface area contributed by atoms with Gasteiger partial charge < -0.3 is 5.32 Å². The number of nitrogens with one attached hydrogen (secondary N) is 1. The lowest BCUT2D eigenvalue weighted by atomic mass is 9.84. The molecule has 3 aliphatic rings. The standard InChI is InChI=1S/C19H25NO/c1-12(16-10-13-7-8-15(16)9-13)20-19(21)18-11-17(18)14-5-3-2-4-6-14/h2-6,12-13,15-18H,7-11H2,1H3,(H,20,21)/t12-,13-,15-,16+,17-,18+/m1/s1. The number of rotatable bonds is 4. The molecule has 112 valence electrons. The van der Waals surface area contributed by atoms with Crippen molar-refractivity contribution in [1.29, 1.82) is 0 Å². The Morgan fingerprint density at radius 1 is 1.14 bits per heavy atom. The second kappa shape index (κ2) is 5.15. The van der Waals surface area contributed by atoms with E-state index >= 15 is 0 Å². The lowest BCUT2D eigenvalue weighted by Crippen LogP contribution is -2.41. The van der Waals surface area contributed by atoms with E-state index in [0.717, 1.165) is 24.2 Å². The van der Waals surface area contributed by atoms with E-state index in [4.69, 9.17) is 0 Å². The summed E-state index contributed by atoms with van der Waals surface area (Å²) in [6.07, 6.45) is 6.62. The largest absolute Gasteiger partial charge is 0.353 e. The van der Waals surface area contributed by atoms with Crippen molar-refractivity contribution in [3.63, 3.8) is 0 Å². The molecule has 0 aromatic heterocycles. The van der Waals surface area contributed by atoms with Crippen molar-refractivity contribution in [3.05, 3.63) is 35.9 Å². The third-order valence-corrected chi connectivity index (χ3v) is 6.16. The molecular formula is C19H25NO. The summed E-state index contributed by atoms with van der Waals surface area (Å²) in [6.45, 7) is 2.23. The van der Waals surface area contributed by atoms with Crippen LogP contribution in [0.2, 0.25) is 0 Å². The Kier molecular flexibility index (Phi) is 3.28. The third-order valence-electron chi connectivity index (χ3n) is 6.16. The first-order valence-electron chi connectivity index (χ1n) is 8.57. The minimum atomic E-state index is 0.216. The van der Waals surface area contributed by atoms with Crippen molar-refractivity contribution >= 4 is 5.91 Å². The molecule has 3 saturated carbocycles. The molecule has 2 bridgehead atoms. The fourth-order valence-corrected chi connectivity index (χ4v) is 4.90. The average Bonchev–Trinajstić information content (AvgIpc) is 3.03. The van der Waals surface area contributed by atoms with Crippen LogP contribution in [0.15, 0.2) is 30.3 Å². The van der Waals surface area contributed by atoms with E-state index in [9.17, 15) is 4.79 Å². The summed E-state index contributed by atoms with van der Waals surface area (Å²) in [5, 5.41) is 3.33. The molecular weight excluding hydrogens is 258 g/mol. The Bertz CT molecular complexity index is 526. The molecule has 1 aromatic carbocycles. The van der Waals surface area contributed by atoms with E-state index in [1.807, 2.05) is 6.07 Å². The minimum Gasteiger partial charge on any atom is -0.353 e. The highest BCUT2D eigenvalue weighted by atomic mass is 16.2. The van der Waals surface area contributed by atoms with Crippen molar-refractivity contribution in [2.75, 3.05) is 0 Å². The molecule has 1 amide bonds. The summed E-state index contributed by atoms with van der Waals surface area (Å²) in [4.78, 5) is 12.5. The Morgan fingerprint density at radius 2 is 1.95 bits per heavy atom. The van der Waals surface area contributed by atoms with Gasteiger partial charge in [-0.1, -0.05) is 36.8 Å². The van der Waals surface area contributed by atoms with Crippen LogP contribution in [0.4, 0.5) is 0 Å². The number of fused-ring (bicyclic) bond motifs is 2. The Hall–Kier alpha value is -1.31. The van der Waals surface area contributed by atoms with Gasteiger partial charge in [-0.15, -0.1) is 0 Å². The summed E-state index contributed by atoms with van der Waals surface area (Å²) in [6, 6.07) is 10.8. The van der Waals surface area contributed by atoms with Crippen LogP contribution in [0.5, 0.6) is 0 Å². The highest BCUT2D eigenvalue weighted by Gasteiger charge is 2.46. The van der Waals surface area contributed by atoms with Crippen molar-refractivity contribution in [1.82, 2.24) is 5.32 Å². The summed E-state index contributed by atoms with van der Waals surface area (Å²) in [7, 11) is 0. The normalized spacial score (nSPS) is 38.2. The van der Waals surface area contributed by atoms with Crippen molar-refractivity contribution in [3.8, 4) is 0 Å². The van der Waals surface area contributed by atoms with Crippen LogP contribution in [0.1, 0.15) is 50.5 Å². The van der Waals surface area contributed by atoms with E-state index in [-0.39, 0.29) is 5.92 Å². The maximum Gasteiger partial charge on any atom is 0.223 e. The van der Waals surface area contributed by atoms with Crippen molar-refractivity contribution in [2.45, 2.75) is 51.0 Å². The molecule has 0 unspecified atom stereocenters. The lowest BCUT2D eigenvalue weighted by Gasteiger charge is -2.28. The summed E-state index contributed by atoms with van der Waals surface area (Å²) < 4.78 is 0. The van der Waals surface area contributed by atoms with E-state index in [1.54, 1.807) is 0 Å². The van der Waals surface area contributed by atoms with Gasteiger partial charge in [0.25, 0.3) is 0 Å². The molecule has 0 aliphatic heterocycles. The molecule has 3 fully saturated rings. The van der Waals surface area contributed by atoms with Crippen LogP contribution in [0.25, 0.3) is 0 Å². The van der Waals surface area contributed by atoms with Gasteiger partial charge in [0.2, 0.25) is 5.91 Å². The van der Waals surface area contributed by atoms with Gasteiger partial charge in [-0.2, -0.15) is 0 Å². The minimum absolute atomic E-state index is 0.216. The summed E-state index contributed by atoms with van der Waals surface area (Å²) >= 11 is 0. The van der Waals surface area contributed by atoms with Crippen molar-refractivity contribution in [2.24, 2.45) is 23.7 Å². The maximum absolute atomic E-state index is 12.5. The summed E-state index contributed by atoms with van der Waals surface area (Å²) in [5.74, 6) is 3.54. The molecule has 4 rings (SSSR count). The predicted molar refractivity (Wildman–Crippen MR) is 83.8 cm³/mol. The molecule has 0 radical (unpaired) electrons. The first kappa shape index (κ1) is 13.4. The van der Waals surface area contributed by atoms with Crippen molar-refractivity contribution < 1.29 is 4.79 Å². The number of carbonyl (C=O) groups is 1. The lowest BCUT2D eigenvalue weighted by molar-refractivity contribution is -0.123. The van der Waals surface area contributed by atoms with E-state index in [1.165, 1.54) is 31.2 Å². The van der Waals surface area contributed by atoms with E-state index in [2.05, 4.69) is 36.5 Å². The Balaban J connectivity index is 1.33. The van der Waals surface area contributed by atoms with Crippen LogP contribution in [0, 0.1) is 23.7 Å². The third kappa shape index (κ3) is 2.49. The zero-order chi connectivity index (χ0) is 14.4. The van der Waals surface area contributed by atoms with Crippen LogP contribution < -0.4 is 5.32 Å². The Morgan fingerprint density at radius 3 is 2.62 bits per heavy atom. The van der Waals surface area contributed by atoms with Gasteiger partial charge in [0.05, 0.1) is 0 Å². The van der Waals surface area contributed by atoms with Gasteiger partial charge in [-0.05, 0) is 61.8 Å². The van der Waals surface area contributed by atoms with Gasteiger partial charge in [-0.3, -0.25) is 4.79 Å². The van der Waals surface area contributed by atoms with Gasteiger partial charge >= 0.3 is 0 Å². The highest BCUT2D eigenvalue weighted by Crippen LogP contribution is 2.50. The molecule has 0 heterocycles. The highest BCUT2D eigenvalue weighted by molar-refractivity contribution is 5.83. The monoisotopic (exact) mass is 283 g/mol. The molecule has 2 heteroatoms. The Labute approximate surface area is 127 Å².